The molecule has 0 aliphatic heterocycles. The van der Waals surface area contributed by atoms with Gasteiger partial charge in [0, 0.05) is 5.02 Å². The minimum atomic E-state index is -1.04. The summed E-state index contributed by atoms with van der Waals surface area (Å²) in [6.45, 7) is 3.73. The molecule has 0 amide bonds. The van der Waals surface area contributed by atoms with Gasteiger partial charge in [-0.2, -0.15) is 0 Å². The fourth-order valence-electron chi connectivity index (χ4n) is 0.934. The van der Waals surface area contributed by atoms with Crippen LogP contribution in [0.3, 0.4) is 0 Å². The quantitative estimate of drug-likeness (QED) is 0.785. The second kappa shape index (κ2) is 5.53. The first kappa shape index (κ1) is 11.8. The van der Waals surface area contributed by atoms with E-state index < -0.39 is 5.97 Å². The normalized spacial score (nSPS) is 9.93. The number of hydrogen-bond acceptors (Lipinski definition) is 2. The number of ether oxygens (including phenoxy) is 1. The standard InChI is InChI=1S/C11H11ClO3/c1-8(11(13)14)6-15-7-9-2-4-10(12)5-3-9/h2-5H,1,6-7H2,(H,13,14). The number of carbonyl (C=O) groups is 1. The molecule has 0 saturated carbocycles. The molecule has 0 atom stereocenters. The summed E-state index contributed by atoms with van der Waals surface area (Å²) in [5, 5.41) is 9.18. The molecule has 15 heavy (non-hydrogen) atoms. The number of halogens is 1. The highest BCUT2D eigenvalue weighted by atomic mass is 35.5. The van der Waals surface area contributed by atoms with Crippen LogP contribution in [0.25, 0.3) is 0 Å². The number of carboxylic acid groups (broad SMARTS) is 1. The zero-order valence-electron chi connectivity index (χ0n) is 8.07. The molecule has 80 valence electrons. The second-order valence-electron chi connectivity index (χ2n) is 3.03. The lowest BCUT2D eigenvalue weighted by atomic mass is 10.2. The Balaban J connectivity index is 2.35. The molecule has 0 unspecified atom stereocenters. The van der Waals surface area contributed by atoms with Crippen molar-refractivity contribution in [2.75, 3.05) is 6.61 Å². The predicted molar refractivity (Wildman–Crippen MR) is 57.9 cm³/mol. The fraction of sp³-hybridized carbons (Fsp3) is 0.182. The lowest BCUT2D eigenvalue weighted by Gasteiger charge is -2.04. The van der Waals surface area contributed by atoms with Crippen molar-refractivity contribution in [1.82, 2.24) is 0 Å². The Kier molecular flexibility index (Phi) is 4.34. The lowest BCUT2D eigenvalue weighted by molar-refractivity contribution is -0.133. The third kappa shape index (κ3) is 4.14. The van der Waals surface area contributed by atoms with Crippen LogP contribution in [0, 0.1) is 0 Å². The zero-order chi connectivity index (χ0) is 11.3. The summed E-state index contributed by atoms with van der Waals surface area (Å²) in [6, 6.07) is 7.16. The summed E-state index contributed by atoms with van der Waals surface area (Å²) in [5.74, 6) is -1.04. The predicted octanol–water partition coefficient (Wildman–Crippen LogP) is 2.50. The highest BCUT2D eigenvalue weighted by Gasteiger charge is 2.03. The number of carboxylic acids is 1. The largest absolute Gasteiger partial charge is 0.478 e. The van der Waals surface area contributed by atoms with Gasteiger partial charge in [-0.25, -0.2) is 4.79 Å². The van der Waals surface area contributed by atoms with Crippen LogP contribution in [0.4, 0.5) is 0 Å². The molecule has 0 fully saturated rings. The minimum absolute atomic E-state index is 0.0258. The van der Waals surface area contributed by atoms with Crippen LogP contribution in [-0.4, -0.2) is 17.7 Å². The lowest BCUT2D eigenvalue weighted by Crippen LogP contribution is -2.06. The van der Waals surface area contributed by atoms with Crippen molar-refractivity contribution in [2.24, 2.45) is 0 Å². The van der Waals surface area contributed by atoms with E-state index in [1.54, 1.807) is 12.1 Å². The van der Waals surface area contributed by atoms with E-state index >= 15 is 0 Å². The SMILES string of the molecule is C=C(COCc1ccc(Cl)cc1)C(=O)O. The molecule has 1 rings (SSSR count). The van der Waals surface area contributed by atoms with Crippen molar-refractivity contribution in [3.05, 3.63) is 47.0 Å². The van der Waals surface area contributed by atoms with Gasteiger partial charge in [-0.3, -0.25) is 0 Å². The van der Waals surface area contributed by atoms with E-state index in [0.29, 0.717) is 11.6 Å². The Morgan fingerprint density at radius 2 is 2.00 bits per heavy atom. The third-order valence-corrected chi connectivity index (χ3v) is 2.01. The molecule has 0 aromatic heterocycles. The molecule has 1 aromatic carbocycles. The van der Waals surface area contributed by atoms with Crippen molar-refractivity contribution < 1.29 is 14.6 Å². The van der Waals surface area contributed by atoms with Crippen LogP contribution in [0.1, 0.15) is 5.56 Å². The van der Waals surface area contributed by atoms with E-state index in [4.69, 9.17) is 21.4 Å². The van der Waals surface area contributed by atoms with Gasteiger partial charge in [0.05, 0.1) is 18.8 Å². The first-order valence-corrected chi connectivity index (χ1v) is 4.70. The maximum atomic E-state index is 10.4. The molecular weight excluding hydrogens is 216 g/mol. The minimum Gasteiger partial charge on any atom is -0.478 e. The molecule has 0 bridgehead atoms. The molecule has 0 radical (unpaired) electrons. The Bertz CT molecular complexity index is 357. The van der Waals surface area contributed by atoms with Crippen LogP contribution < -0.4 is 0 Å². The van der Waals surface area contributed by atoms with Gasteiger partial charge < -0.3 is 9.84 Å². The van der Waals surface area contributed by atoms with Crippen molar-refractivity contribution in [3.63, 3.8) is 0 Å². The zero-order valence-corrected chi connectivity index (χ0v) is 8.83. The summed E-state index contributed by atoms with van der Waals surface area (Å²) in [4.78, 5) is 10.4. The van der Waals surface area contributed by atoms with E-state index in [2.05, 4.69) is 6.58 Å². The summed E-state index contributed by atoms with van der Waals surface area (Å²) >= 11 is 5.71. The summed E-state index contributed by atoms with van der Waals surface area (Å²) in [5.41, 5.74) is 0.988. The van der Waals surface area contributed by atoms with E-state index in [9.17, 15) is 4.79 Å². The molecule has 4 heteroatoms. The molecule has 0 aliphatic carbocycles. The van der Waals surface area contributed by atoms with Gasteiger partial charge in [0.1, 0.15) is 0 Å². The summed E-state index contributed by atoms with van der Waals surface area (Å²) in [6.07, 6.45) is 0. The van der Waals surface area contributed by atoms with Gasteiger partial charge >= 0.3 is 5.97 Å². The topological polar surface area (TPSA) is 46.5 Å². The van der Waals surface area contributed by atoms with Gasteiger partial charge in [0.25, 0.3) is 0 Å². The van der Waals surface area contributed by atoms with Gasteiger partial charge in [-0.15, -0.1) is 0 Å². The first-order chi connectivity index (χ1) is 7.09. The molecule has 1 N–H and O–H groups in total. The Labute approximate surface area is 92.9 Å². The fourth-order valence-corrected chi connectivity index (χ4v) is 1.06. The Hall–Kier alpha value is -1.32. The van der Waals surface area contributed by atoms with Crippen LogP contribution in [0.5, 0.6) is 0 Å². The molecule has 0 aliphatic rings. The maximum Gasteiger partial charge on any atom is 0.333 e. The van der Waals surface area contributed by atoms with Crippen molar-refractivity contribution in [1.29, 1.82) is 0 Å². The van der Waals surface area contributed by atoms with Gasteiger partial charge in [-0.1, -0.05) is 30.3 Å². The number of aliphatic carboxylic acids is 1. The van der Waals surface area contributed by atoms with Gasteiger partial charge in [0.15, 0.2) is 0 Å². The number of benzene rings is 1. The van der Waals surface area contributed by atoms with Crippen LogP contribution in [-0.2, 0) is 16.1 Å². The summed E-state index contributed by atoms with van der Waals surface area (Å²) in [7, 11) is 0. The van der Waals surface area contributed by atoms with Crippen LogP contribution >= 0.6 is 11.6 Å². The van der Waals surface area contributed by atoms with E-state index in [0.717, 1.165) is 5.56 Å². The molecule has 1 aromatic rings. The van der Waals surface area contributed by atoms with Crippen LogP contribution in [0.15, 0.2) is 36.4 Å². The molecule has 0 heterocycles. The monoisotopic (exact) mass is 226 g/mol. The average molecular weight is 227 g/mol. The van der Waals surface area contributed by atoms with Crippen molar-refractivity contribution >= 4 is 17.6 Å². The smallest absolute Gasteiger partial charge is 0.333 e. The van der Waals surface area contributed by atoms with Gasteiger partial charge in [0.2, 0.25) is 0 Å². The van der Waals surface area contributed by atoms with E-state index in [1.165, 1.54) is 0 Å². The highest BCUT2D eigenvalue weighted by molar-refractivity contribution is 6.30. The van der Waals surface area contributed by atoms with E-state index in [-0.39, 0.29) is 12.2 Å². The Morgan fingerprint density at radius 1 is 1.40 bits per heavy atom. The molecule has 3 nitrogen and oxygen atoms in total. The summed E-state index contributed by atoms with van der Waals surface area (Å²) < 4.78 is 5.16. The molecule has 0 spiro atoms. The molecule has 0 saturated heterocycles. The van der Waals surface area contributed by atoms with Gasteiger partial charge in [-0.05, 0) is 17.7 Å². The van der Waals surface area contributed by atoms with Crippen molar-refractivity contribution in [2.45, 2.75) is 6.61 Å². The van der Waals surface area contributed by atoms with E-state index in [1.807, 2.05) is 12.1 Å². The third-order valence-electron chi connectivity index (χ3n) is 1.76. The maximum absolute atomic E-state index is 10.4. The van der Waals surface area contributed by atoms with Crippen LogP contribution in [0.2, 0.25) is 5.02 Å². The number of hydrogen-bond donors (Lipinski definition) is 1. The first-order valence-electron chi connectivity index (χ1n) is 4.33. The Morgan fingerprint density at radius 3 is 2.53 bits per heavy atom. The average Bonchev–Trinajstić information content (AvgIpc) is 2.20. The highest BCUT2D eigenvalue weighted by Crippen LogP contribution is 2.10. The number of rotatable bonds is 5. The van der Waals surface area contributed by atoms with Crippen molar-refractivity contribution in [3.8, 4) is 0 Å². The second-order valence-corrected chi connectivity index (χ2v) is 3.46. The molecular formula is C11H11ClO3.